The molecule has 0 radical (unpaired) electrons. The molecule has 0 fully saturated rings. The van der Waals surface area contributed by atoms with Crippen molar-refractivity contribution in [2.45, 2.75) is 52.9 Å². The van der Waals surface area contributed by atoms with Crippen LogP contribution in [0.4, 0.5) is 0 Å². The van der Waals surface area contributed by atoms with E-state index in [9.17, 15) is 4.79 Å². The van der Waals surface area contributed by atoms with Gasteiger partial charge >= 0.3 is 0 Å². The van der Waals surface area contributed by atoms with Crippen molar-refractivity contribution < 1.29 is 9.53 Å². The van der Waals surface area contributed by atoms with Crippen molar-refractivity contribution in [3.8, 4) is 0 Å². The van der Waals surface area contributed by atoms with Crippen molar-refractivity contribution in [3.63, 3.8) is 0 Å². The summed E-state index contributed by atoms with van der Waals surface area (Å²) in [5.74, 6) is 0.714. The largest absolute Gasteiger partial charge is 0.490 e. The van der Waals surface area contributed by atoms with Gasteiger partial charge in [-0.15, -0.1) is 0 Å². The highest BCUT2D eigenvalue weighted by Crippen LogP contribution is 2.18. The molecule has 120 valence electrons. The smallest absolute Gasteiger partial charge is 0.145 e. The molecule has 0 unspecified atom stereocenters. The number of hydrogen-bond donors (Lipinski definition) is 0. The third-order valence-corrected chi connectivity index (χ3v) is 3.60. The number of carbonyl (C=O) groups excluding carboxylic acids is 1. The van der Waals surface area contributed by atoms with E-state index >= 15 is 0 Å². The lowest BCUT2D eigenvalue weighted by atomic mass is 10.0. The van der Waals surface area contributed by atoms with E-state index in [1.165, 1.54) is 16.7 Å². The SMILES string of the molecule is C=C1C=C(C/C=C(/C=O)CC/C=C(\C)CCC=C(C)C)CO1. The van der Waals surface area contributed by atoms with Crippen molar-refractivity contribution in [1.29, 1.82) is 0 Å². The normalized spacial score (nSPS) is 15.4. The first kappa shape index (κ1) is 18.2. The highest BCUT2D eigenvalue weighted by atomic mass is 16.5. The quantitative estimate of drug-likeness (QED) is 0.322. The molecule has 0 atom stereocenters. The predicted molar refractivity (Wildman–Crippen MR) is 93.6 cm³/mol. The van der Waals surface area contributed by atoms with Gasteiger partial charge in [0.1, 0.15) is 18.7 Å². The zero-order valence-electron chi connectivity index (χ0n) is 14.2. The summed E-state index contributed by atoms with van der Waals surface area (Å²) in [6.07, 6.45) is 14.1. The minimum Gasteiger partial charge on any atom is -0.490 e. The first-order valence-electron chi connectivity index (χ1n) is 7.95. The molecule has 1 heterocycles. The average molecular weight is 300 g/mol. The van der Waals surface area contributed by atoms with Crippen LogP contribution in [0.15, 0.2) is 58.9 Å². The lowest BCUT2D eigenvalue weighted by Crippen LogP contribution is -1.89. The van der Waals surface area contributed by atoms with Crippen LogP contribution in [0.2, 0.25) is 0 Å². The van der Waals surface area contributed by atoms with Crippen LogP contribution in [0.3, 0.4) is 0 Å². The number of carbonyl (C=O) groups is 1. The van der Waals surface area contributed by atoms with Crippen LogP contribution in [0.1, 0.15) is 52.9 Å². The summed E-state index contributed by atoms with van der Waals surface area (Å²) in [6, 6.07) is 0. The van der Waals surface area contributed by atoms with Gasteiger partial charge in [-0.1, -0.05) is 36.0 Å². The molecule has 0 N–H and O–H groups in total. The van der Waals surface area contributed by atoms with Gasteiger partial charge < -0.3 is 4.74 Å². The van der Waals surface area contributed by atoms with Gasteiger partial charge in [0.05, 0.1) is 0 Å². The molecular formula is C20H28O2. The fourth-order valence-corrected chi connectivity index (χ4v) is 2.26. The Morgan fingerprint density at radius 3 is 2.50 bits per heavy atom. The summed E-state index contributed by atoms with van der Waals surface area (Å²) in [4.78, 5) is 11.1. The number of rotatable bonds is 9. The van der Waals surface area contributed by atoms with E-state index in [4.69, 9.17) is 4.74 Å². The van der Waals surface area contributed by atoms with Gasteiger partial charge in [0.2, 0.25) is 0 Å². The molecule has 1 aliphatic heterocycles. The molecule has 0 aliphatic carbocycles. The molecule has 1 aliphatic rings. The minimum absolute atomic E-state index is 0.602. The summed E-state index contributed by atoms with van der Waals surface area (Å²) < 4.78 is 5.28. The maximum atomic E-state index is 11.1. The van der Waals surface area contributed by atoms with Crippen LogP contribution in [-0.4, -0.2) is 12.9 Å². The van der Waals surface area contributed by atoms with E-state index in [0.29, 0.717) is 12.4 Å². The van der Waals surface area contributed by atoms with Crippen molar-refractivity contribution in [2.75, 3.05) is 6.61 Å². The minimum atomic E-state index is 0.602. The van der Waals surface area contributed by atoms with Crippen LogP contribution in [0, 0.1) is 0 Å². The van der Waals surface area contributed by atoms with E-state index in [-0.39, 0.29) is 0 Å². The second-order valence-electron chi connectivity index (χ2n) is 6.07. The standard InChI is InChI=1S/C20H28O2/c1-16(2)7-5-8-17(3)9-6-10-19(14-21)11-12-20-13-18(4)22-15-20/h7,9,11,13-14H,4-6,8,10,12,15H2,1-3H3/b17-9+,19-11+. The fraction of sp³-hybridized carbons (Fsp3) is 0.450. The van der Waals surface area contributed by atoms with Gasteiger partial charge in [-0.2, -0.15) is 0 Å². The molecule has 2 heteroatoms. The number of ether oxygens (including phenoxy) is 1. The molecule has 1 rings (SSSR count). The Balaban J connectivity index is 2.36. The summed E-state index contributed by atoms with van der Waals surface area (Å²) >= 11 is 0. The Morgan fingerprint density at radius 1 is 1.18 bits per heavy atom. The van der Waals surface area contributed by atoms with Crippen LogP contribution in [-0.2, 0) is 9.53 Å². The zero-order valence-corrected chi connectivity index (χ0v) is 14.2. The first-order valence-corrected chi connectivity index (χ1v) is 7.95. The molecule has 0 aromatic heterocycles. The lowest BCUT2D eigenvalue weighted by Gasteiger charge is -2.01. The summed E-state index contributed by atoms with van der Waals surface area (Å²) in [5, 5.41) is 0. The maximum Gasteiger partial charge on any atom is 0.145 e. The Labute approximate surface area is 134 Å². The second-order valence-corrected chi connectivity index (χ2v) is 6.07. The Hall–Kier alpha value is -1.83. The molecule has 0 spiro atoms. The van der Waals surface area contributed by atoms with Crippen LogP contribution in [0.5, 0.6) is 0 Å². The number of aldehydes is 1. The Bertz CT molecular complexity index is 512. The third-order valence-electron chi connectivity index (χ3n) is 3.60. The van der Waals surface area contributed by atoms with Crippen molar-refractivity contribution >= 4 is 6.29 Å². The van der Waals surface area contributed by atoms with E-state index in [1.54, 1.807) is 0 Å². The van der Waals surface area contributed by atoms with Crippen molar-refractivity contribution in [2.24, 2.45) is 0 Å². The van der Waals surface area contributed by atoms with Crippen LogP contribution in [0.25, 0.3) is 0 Å². The molecule has 0 aromatic rings. The molecule has 0 saturated carbocycles. The summed E-state index contributed by atoms with van der Waals surface area (Å²) in [6.45, 7) is 10.8. The fourth-order valence-electron chi connectivity index (χ4n) is 2.26. The van der Waals surface area contributed by atoms with E-state index in [1.807, 2.05) is 12.2 Å². The third kappa shape index (κ3) is 7.82. The average Bonchev–Trinajstić information content (AvgIpc) is 2.88. The van der Waals surface area contributed by atoms with E-state index < -0.39 is 0 Å². The highest BCUT2D eigenvalue weighted by Gasteiger charge is 2.07. The topological polar surface area (TPSA) is 26.3 Å². The summed E-state index contributed by atoms with van der Waals surface area (Å²) in [7, 11) is 0. The van der Waals surface area contributed by atoms with Gasteiger partial charge in [-0.05, 0) is 70.1 Å². The Morgan fingerprint density at radius 2 is 1.91 bits per heavy atom. The Kier molecular flexibility index (Phi) is 8.27. The van der Waals surface area contributed by atoms with Crippen LogP contribution >= 0.6 is 0 Å². The molecular weight excluding hydrogens is 272 g/mol. The number of hydrogen-bond acceptors (Lipinski definition) is 2. The predicted octanol–water partition coefficient (Wildman–Crippen LogP) is 5.45. The highest BCUT2D eigenvalue weighted by molar-refractivity contribution is 5.73. The first-order chi connectivity index (χ1) is 10.5. The van der Waals surface area contributed by atoms with Crippen LogP contribution < -0.4 is 0 Å². The molecule has 0 aromatic carbocycles. The molecule has 0 amide bonds. The monoisotopic (exact) mass is 300 g/mol. The van der Waals surface area contributed by atoms with Crippen molar-refractivity contribution in [1.82, 2.24) is 0 Å². The second kappa shape index (κ2) is 9.99. The molecule has 22 heavy (non-hydrogen) atoms. The maximum absolute atomic E-state index is 11.1. The zero-order chi connectivity index (χ0) is 16.4. The van der Waals surface area contributed by atoms with Crippen molar-refractivity contribution in [3.05, 3.63) is 58.9 Å². The van der Waals surface area contributed by atoms with E-state index in [0.717, 1.165) is 44.0 Å². The summed E-state index contributed by atoms with van der Waals surface area (Å²) in [5.41, 5.74) is 4.81. The molecule has 0 saturated heterocycles. The van der Waals surface area contributed by atoms with Gasteiger partial charge in [0.15, 0.2) is 0 Å². The lowest BCUT2D eigenvalue weighted by molar-refractivity contribution is -0.105. The van der Waals surface area contributed by atoms with Gasteiger partial charge in [0.25, 0.3) is 0 Å². The molecule has 2 nitrogen and oxygen atoms in total. The molecule has 0 bridgehead atoms. The van der Waals surface area contributed by atoms with Gasteiger partial charge in [0, 0.05) is 0 Å². The van der Waals surface area contributed by atoms with Gasteiger partial charge in [-0.3, -0.25) is 4.79 Å². The van der Waals surface area contributed by atoms with E-state index in [2.05, 4.69) is 39.5 Å². The van der Waals surface area contributed by atoms with Gasteiger partial charge in [-0.25, -0.2) is 0 Å². The number of allylic oxidation sites excluding steroid dienone is 7.